The molecule has 0 aliphatic carbocycles. The van der Waals surface area contributed by atoms with Crippen LogP contribution in [0.25, 0.3) is 11.0 Å². The molecule has 2 heterocycles. The summed E-state index contributed by atoms with van der Waals surface area (Å²) in [5.41, 5.74) is 1.83. The van der Waals surface area contributed by atoms with Crippen LogP contribution in [0.3, 0.4) is 0 Å². The molecule has 1 aliphatic rings. The number of rotatable bonds is 6. The molecule has 4 aromatic rings. The van der Waals surface area contributed by atoms with Crippen molar-refractivity contribution in [2.24, 2.45) is 0 Å². The number of hydrogen-bond acceptors (Lipinski definition) is 4. The van der Waals surface area contributed by atoms with Gasteiger partial charge in [-0.25, -0.2) is 4.39 Å². The average Bonchev–Trinajstić information content (AvgIpc) is 3.37. The second-order valence-electron chi connectivity index (χ2n) is 8.21. The summed E-state index contributed by atoms with van der Waals surface area (Å²) in [4.78, 5) is 28.1. The van der Waals surface area contributed by atoms with Crippen LogP contribution in [0.1, 0.15) is 27.7 Å². The van der Waals surface area contributed by atoms with Crippen LogP contribution >= 0.6 is 27.5 Å². The Balaban J connectivity index is 1.53. The van der Waals surface area contributed by atoms with Crippen molar-refractivity contribution < 1.29 is 23.5 Å². The molecule has 5 nitrogen and oxygen atoms in total. The van der Waals surface area contributed by atoms with E-state index in [1.165, 1.54) is 29.2 Å². The molecule has 1 aliphatic heterocycles. The molecule has 1 unspecified atom stereocenters. The lowest BCUT2D eigenvalue weighted by Gasteiger charge is -2.26. The second kappa shape index (κ2) is 9.32. The zero-order valence-corrected chi connectivity index (χ0v) is 20.5. The summed E-state index contributed by atoms with van der Waals surface area (Å²) in [6, 6.07) is 18.7. The van der Waals surface area contributed by atoms with E-state index in [9.17, 15) is 19.1 Å². The number of fused-ring (bicyclic) bond motifs is 1. The van der Waals surface area contributed by atoms with Crippen LogP contribution < -0.4 is 0 Å². The van der Waals surface area contributed by atoms with Gasteiger partial charge < -0.3 is 14.4 Å². The van der Waals surface area contributed by atoms with Crippen molar-refractivity contribution in [3.05, 3.63) is 116 Å². The van der Waals surface area contributed by atoms with Gasteiger partial charge in [0, 0.05) is 21.4 Å². The van der Waals surface area contributed by atoms with Crippen molar-refractivity contribution in [2.75, 3.05) is 6.54 Å². The standard InChI is InChI=1S/C27H18BrClFNO4/c28-18-5-10-21-17(13-18)14-22(35-21)25(32)23-24(16-3-8-20(30)9-4-16)31(27(34)26(23)33)12-11-15-1-6-19(29)7-2-15/h1-10,13-14,24,33H,11-12H2. The number of hydrogen-bond donors (Lipinski definition) is 1. The highest BCUT2D eigenvalue weighted by molar-refractivity contribution is 9.10. The maximum atomic E-state index is 13.7. The van der Waals surface area contributed by atoms with E-state index in [0.717, 1.165) is 10.0 Å². The van der Waals surface area contributed by atoms with Crippen LogP contribution in [-0.4, -0.2) is 28.2 Å². The smallest absolute Gasteiger partial charge is 0.290 e. The number of Topliss-reactive ketones (excluding diaryl/α,β-unsaturated/α-hetero) is 1. The quantitative estimate of drug-likeness (QED) is 0.266. The first-order chi connectivity index (χ1) is 16.8. The van der Waals surface area contributed by atoms with E-state index >= 15 is 0 Å². The SMILES string of the molecule is O=C(C1=C(O)C(=O)N(CCc2ccc(Cl)cc2)C1c1ccc(F)cc1)c1cc2cc(Br)ccc2o1. The monoisotopic (exact) mass is 553 g/mol. The van der Waals surface area contributed by atoms with Gasteiger partial charge in [0.15, 0.2) is 11.5 Å². The van der Waals surface area contributed by atoms with Crippen molar-refractivity contribution in [2.45, 2.75) is 12.5 Å². The molecule has 1 N–H and O–H groups in total. The molecule has 0 saturated carbocycles. The van der Waals surface area contributed by atoms with Crippen molar-refractivity contribution >= 4 is 50.2 Å². The van der Waals surface area contributed by atoms with Crippen LogP contribution in [0.15, 0.2) is 93.0 Å². The minimum absolute atomic E-state index is 0.000821. The maximum Gasteiger partial charge on any atom is 0.290 e. The Morgan fingerprint density at radius 2 is 1.77 bits per heavy atom. The Morgan fingerprint density at radius 3 is 2.49 bits per heavy atom. The third-order valence-corrected chi connectivity index (χ3v) is 6.74. The van der Waals surface area contributed by atoms with E-state index in [-0.39, 0.29) is 17.9 Å². The number of nitrogens with zero attached hydrogens (tertiary/aromatic N) is 1. The minimum Gasteiger partial charge on any atom is -0.503 e. The first kappa shape index (κ1) is 23.3. The normalized spacial score (nSPS) is 15.9. The lowest BCUT2D eigenvalue weighted by molar-refractivity contribution is -0.129. The molecule has 5 rings (SSSR count). The molecule has 1 atom stereocenters. The van der Waals surface area contributed by atoms with Crippen molar-refractivity contribution in [1.82, 2.24) is 4.90 Å². The molecule has 1 amide bonds. The van der Waals surface area contributed by atoms with Gasteiger partial charge in [-0.15, -0.1) is 0 Å². The summed E-state index contributed by atoms with van der Waals surface area (Å²) in [6.07, 6.45) is 0.466. The van der Waals surface area contributed by atoms with Gasteiger partial charge in [0.05, 0.1) is 11.6 Å². The third-order valence-electron chi connectivity index (χ3n) is 5.99. The number of benzene rings is 3. The number of aliphatic hydroxyl groups is 1. The fraction of sp³-hybridized carbons (Fsp3) is 0.111. The summed E-state index contributed by atoms with van der Waals surface area (Å²) < 4.78 is 20.2. The van der Waals surface area contributed by atoms with Gasteiger partial charge in [-0.2, -0.15) is 0 Å². The van der Waals surface area contributed by atoms with Gasteiger partial charge in [0.2, 0.25) is 5.78 Å². The number of ketones is 1. The molecule has 1 aromatic heterocycles. The summed E-state index contributed by atoms with van der Waals surface area (Å²) in [5.74, 6) is -2.36. The summed E-state index contributed by atoms with van der Waals surface area (Å²) in [5, 5.41) is 12.1. The predicted octanol–water partition coefficient (Wildman–Crippen LogP) is 6.81. The fourth-order valence-electron chi connectivity index (χ4n) is 4.27. The van der Waals surface area contributed by atoms with E-state index in [4.69, 9.17) is 16.0 Å². The van der Waals surface area contributed by atoms with Gasteiger partial charge in [-0.1, -0.05) is 51.8 Å². The molecule has 0 spiro atoms. The van der Waals surface area contributed by atoms with Crippen LogP contribution in [0.5, 0.6) is 0 Å². The second-order valence-corrected chi connectivity index (χ2v) is 9.57. The van der Waals surface area contributed by atoms with Gasteiger partial charge in [-0.05, 0) is 66.1 Å². The molecule has 35 heavy (non-hydrogen) atoms. The first-order valence-corrected chi connectivity index (χ1v) is 12.0. The number of furan rings is 1. The van der Waals surface area contributed by atoms with Crippen LogP contribution in [0, 0.1) is 5.82 Å². The van der Waals surface area contributed by atoms with Gasteiger partial charge >= 0.3 is 0 Å². The van der Waals surface area contributed by atoms with Gasteiger partial charge in [-0.3, -0.25) is 9.59 Å². The Morgan fingerprint density at radius 1 is 1.06 bits per heavy atom. The molecule has 0 saturated heterocycles. The van der Waals surface area contributed by atoms with Gasteiger partial charge in [0.1, 0.15) is 11.4 Å². The highest BCUT2D eigenvalue weighted by Gasteiger charge is 2.44. The van der Waals surface area contributed by atoms with E-state index in [0.29, 0.717) is 28.0 Å². The number of carbonyl (C=O) groups is 2. The Bertz CT molecular complexity index is 1480. The average molecular weight is 555 g/mol. The van der Waals surface area contributed by atoms with Crippen molar-refractivity contribution in [3.8, 4) is 0 Å². The highest BCUT2D eigenvalue weighted by atomic mass is 79.9. The fourth-order valence-corrected chi connectivity index (χ4v) is 4.77. The van der Waals surface area contributed by atoms with E-state index in [1.54, 1.807) is 36.4 Å². The third kappa shape index (κ3) is 4.49. The Hall–Kier alpha value is -3.42. The minimum atomic E-state index is -0.900. The number of aliphatic hydroxyl groups excluding tert-OH is 1. The zero-order chi connectivity index (χ0) is 24.7. The van der Waals surface area contributed by atoms with Crippen molar-refractivity contribution in [1.29, 1.82) is 0 Å². The summed E-state index contributed by atoms with van der Waals surface area (Å²) in [6.45, 7) is 0.219. The number of halogens is 3. The van der Waals surface area contributed by atoms with E-state index in [2.05, 4.69) is 15.9 Å². The highest BCUT2D eigenvalue weighted by Crippen LogP contribution is 2.40. The Labute approximate surface area is 213 Å². The summed E-state index contributed by atoms with van der Waals surface area (Å²) in [7, 11) is 0. The van der Waals surface area contributed by atoms with Crippen LogP contribution in [-0.2, 0) is 11.2 Å². The molecule has 3 aromatic carbocycles. The topological polar surface area (TPSA) is 70.8 Å². The number of carbonyl (C=O) groups excluding carboxylic acids is 2. The van der Waals surface area contributed by atoms with Crippen molar-refractivity contribution in [3.63, 3.8) is 0 Å². The largest absolute Gasteiger partial charge is 0.503 e. The lowest BCUT2D eigenvalue weighted by Crippen LogP contribution is -2.33. The first-order valence-electron chi connectivity index (χ1n) is 10.8. The zero-order valence-electron chi connectivity index (χ0n) is 18.2. The molecular weight excluding hydrogens is 537 g/mol. The Kier molecular flexibility index (Phi) is 6.21. The molecule has 8 heteroatoms. The lowest BCUT2D eigenvalue weighted by atomic mass is 9.94. The maximum absolute atomic E-state index is 13.7. The molecular formula is C27H18BrClFNO4. The molecule has 0 bridgehead atoms. The van der Waals surface area contributed by atoms with Crippen LogP contribution in [0.2, 0.25) is 5.02 Å². The molecule has 0 radical (unpaired) electrons. The van der Waals surface area contributed by atoms with Crippen LogP contribution in [0.4, 0.5) is 4.39 Å². The molecule has 176 valence electrons. The number of amides is 1. The summed E-state index contributed by atoms with van der Waals surface area (Å²) >= 11 is 9.35. The van der Waals surface area contributed by atoms with E-state index in [1.807, 2.05) is 12.1 Å². The van der Waals surface area contributed by atoms with E-state index < -0.39 is 29.3 Å². The molecule has 0 fully saturated rings. The predicted molar refractivity (Wildman–Crippen MR) is 134 cm³/mol. The van der Waals surface area contributed by atoms with Gasteiger partial charge in [0.25, 0.3) is 5.91 Å².